The third-order valence-corrected chi connectivity index (χ3v) is 6.06. The first-order valence-electron chi connectivity index (χ1n) is 8.72. The summed E-state index contributed by atoms with van der Waals surface area (Å²) in [5.74, 6) is -0.951. The van der Waals surface area contributed by atoms with Crippen molar-refractivity contribution in [2.45, 2.75) is 13.3 Å². The van der Waals surface area contributed by atoms with Crippen molar-refractivity contribution in [1.29, 1.82) is 0 Å². The van der Waals surface area contributed by atoms with E-state index in [9.17, 15) is 17.6 Å². The van der Waals surface area contributed by atoms with Gasteiger partial charge in [-0.25, -0.2) is 12.8 Å². The van der Waals surface area contributed by atoms with Crippen LogP contribution >= 0.6 is 11.6 Å². The number of ketones is 1. The molecule has 0 unspecified atom stereocenters. The predicted octanol–water partition coefficient (Wildman–Crippen LogP) is 4.42. The summed E-state index contributed by atoms with van der Waals surface area (Å²) in [6, 6.07) is 8.44. The second kappa shape index (κ2) is 8.34. The van der Waals surface area contributed by atoms with Crippen LogP contribution in [-0.4, -0.2) is 32.0 Å². The minimum atomic E-state index is -3.70. The molecule has 1 heterocycles. The lowest BCUT2D eigenvalue weighted by Gasteiger charge is -2.12. The fourth-order valence-corrected chi connectivity index (χ4v) is 4.27. The molecule has 0 atom stereocenters. The molecule has 0 fully saturated rings. The highest BCUT2D eigenvalue weighted by Gasteiger charge is 2.20. The van der Waals surface area contributed by atoms with Gasteiger partial charge >= 0.3 is 0 Å². The third kappa shape index (κ3) is 4.65. The summed E-state index contributed by atoms with van der Waals surface area (Å²) in [5, 5.41) is 0.492. The average molecular weight is 437 g/mol. The van der Waals surface area contributed by atoms with Crippen LogP contribution in [0.2, 0.25) is 5.02 Å². The molecule has 0 aliphatic rings. The summed E-state index contributed by atoms with van der Waals surface area (Å²) in [7, 11) is -2.20. The molecule has 0 saturated carbocycles. The number of nitrogens with one attached hydrogen (secondary N) is 1. The van der Waals surface area contributed by atoms with Gasteiger partial charge in [0.25, 0.3) is 0 Å². The molecule has 0 radical (unpaired) electrons. The van der Waals surface area contributed by atoms with E-state index in [1.165, 1.54) is 7.11 Å². The number of sulfonamides is 1. The highest BCUT2D eigenvalue weighted by molar-refractivity contribution is 7.92. The Bertz CT molecular complexity index is 1200. The van der Waals surface area contributed by atoms with Crippen molar-refractivity contribution < 1.29 is 22.3 Å². The number of halogens is 2. The maximum Gasteiger partial charge on any atom is 0.232 e. The number of methoxy groups -OCH3 is 1. The van der Waals surface area contributed by atoms with Crippen molar-refractivity contribution in [1.82, 2.24) is 4.98 Å². The van der Waals surface area contributed by atoms with E-state index < -0.39 is 21.6 Å². The molecule has 0 amide bonds. The van der Waals surface area contributed by atoms with E-state index in [2.05, 4.69) is 9.71 Å². The highest BCUT2D eigenvalue weighted by Crippen LogP contribution is 2.31. The zero-order valence-electron chi connectivity index (χ0n) is 15.7. The number of rotatable bonds is 7. The second-order valence-corrected chi connectivity index (χ2v) is 8.57. The topological polar surface area (TPSA) is 85.4 Å². The second-order valence-electron chi connectivity index (χ2n) is 6.35. The molecule has 1 N–H and O–H groups in total. The van der Waals surface area contributed by atoms with E-state index in [0.717, 1.165) is 12.1 Å². The number of anilines is 1. The third-order valence-electron chi connectivity index (χ3n) is 4.17. The molecule has 0 aliphatic carbocycles. The number of nitrogens with zero attached hydrogens (tertiary/aromatic N) is 1. The summed E-state index contributed by atoms with van der Waals surface area (Å²) in [4.78, 5) is 17.2. The molecule has 0 aliphatic heterocycles. The summed E-state index contributed by atoms with van der Waals surface area (Å²) in [6.45, 7) is 1.70. The minimum absolute atomic E-state index is 0.143. The molecule has 9 heteroatoms. The number of aromatic nitrogens is 1. The van der Waals surface area contributed by atoms with Crippen LogP contribution in [0.15, 0.2) is 42.6 Å². The Hall–Kier alpha value is -2.71. The molecule has 152 valence electrons. The number of pyridine rings is 1. The molecule has 0 spiro atoms. The van der Waals surface area contributed by atoms with E-state index >= 15 is 0 Å². The van der Waals surface area contributed by atoms with Gasteiger partial charge in [-0.3, -0.25) is 14.5 Å². The predicted molar refractivity (Wildman–Crippen MR) is 111 cm³/mol. The van der Waals surface area contributed by atoms with Crippen molar-refractivity contribution in [2.24, 2.45) is 0 Å². The van der Waals surface area contributed by atoms with Gasteiger partial charge in [-0.05, 0) is 42.8 Å². The van der Waals surface area contributed by atoms with E-state index in [0.29, 0.717) is 23.1 Å². The number of hydrogen-bond acceptors (Lipinski definition) is 5. The van der Waals surface area contributed by atoms with Gasteiger partial charge in [-0.15, -0.1) is 0 Å². The van der Waals surface area contributed by atoms with Crippen molar-refractivity contribution in [3.05, 3.63) is 64.6 Å². The van der Waals surface area contributed by atoms with Gasteiger partial charge in [0.15, 0.2) is 5.78 Å². The normalized spacial score (nSPS) is 11.4. The van der Waals surface area contributed by atoms with Crippen LogP contribution in [0.25, 0.3) is 10.9 Å². The summed E-state index contributed by atoms with van der Waals surface area (Å²) < 4.78 is 45.6. The maximum absolute atomic E-state index is 14.1. The van der Waals surface area contributed by atoms with Crippen LogP contribution in [0.1, 0.15) is 29.3 Å². The van der Waals surface area contributed by atoms with Gasteiger partial charge in [0, 0.05) is 16.5 Å². The van der Waals surface area contributed by atoms with Crippen LogP contribution in [0.3, 0.4) is 0 Å². The Morgan fingerprint density at radius 2 is 2.00 bits per heavy atom. The Kier molecular flexibility index (Phi) is 6.04. The minimum Gasteiger partial charge on any atom is -0.495 e. The Morgan fingerprint density at radius 3 is 2.69 bits per heavy atom. The fourth-order valence-electron chi connectivity index (χ4n) is 2.84. The number of hydrogen-bond donors (Lipinski definition) is 1. The largest absolute Gasteiger partial charge is 0.495 e. The molecular weight excluding hydrogens is 419 g/mol. The average Bonchev–Trinajstić information content (AvgIpc) is 2.68. The summed E-state index contributed by atoms with van der Waals surface area (Å²) in [5.41, 5.74) is 0.590. The van der Waals surface area contributed by atoms with Crippen LogP contribution < -0.4 is 9.46 Å². The Labute approximate surface area is 172 Å². The Morgan fingerprint density at radius 1 is 1.24 bits per heavy atom. The van der Waals surface area contributed by atoms with E-state index in [4.69, 9.17) is 16.3 Å². The first kappa shape index (κ1) is 21.0. The molecule has 29 heavy (non-hydrogen) atoms. The molecule has 0 saturated heterocycles. The van der Waals surface area contributed by atoms with Gasteiger partial charge in [-0.1, -0.05) is 18.5 Å². The first-order valence-corrected chi connectivity index (χ1v) is 10.7. The Balaban J connectivity index is 2.04. The lowest BCUT2D eigenvalue weighted by molar-refractivity contribution is 0.103. The summed E-state index contributed by atoms with van der Waals surface area (Å²) >= 11 is 6.25. The van der Waals surface area contributed by atoms with E-state index in [1.54, 1.807) is 37.4 Å². The van der Waals surface area contributed by atoms with Crippen LogP contribution in [-0.2, 0) is 10.0 Å². The van der Waals surface area contributed by atoms with E-state index in [1.807, 2.05) is 0 Å². The molecule has 6 nitrogen and oxygen atoms in total. The molecular formula is C20H18ClFN2O4S. The van der Waals surface area contributed by atoms with Gasteiger partial charge in [-0.2, -0.15) is 0 Å². The standard InChI is InChI=1S/C20H18ClFN2O4S/c1-3-6-29(26,27)24-18-10-14(22)9-16(19(18)21)20(25)12-4-5-17-13(7-12)8-15(28-2)11-23-17/h4-5,7-11,24H,3,6H2,1-2H3. The van der Waals surface area contributed by atoms with Gasteiger partial charge < -0.3 is 4.74 Å². The zero-order chi connectivity index (χ0) is 21.2. The number of carbonyl (C=O) groups excluding carboxylic acids is 1. The molecule has 2 aromatic carbocycles. The lowest BCUT2D eigenvalue weighted by Crippen LogP contribution is -2.17. The number of fused-ring (bicyclic) bond motifs is 1. The van der Waals surface area contributed by atoms with Crippen LogP contribution in [0.5, 0.6) is 5.75 Å². The van der Waals surface area contributed by atoms with Crippen LogP contribution in [0.4, 0.5) is 10.1 Å². The maximum atomic E-state index is 14.1. The van der Waals surface area contributed by atoms with Crippen molar-refractivity contribution in [3.63, 3.8) is 0 Å². The number of ether oxygens (including phenoxy) is 1. The molecule has 0 bridgehead atoms. The van der Waals surface area contributed by atoms with Gasteiger partial charge in [0.1, 0.15) is 11.6 Å². The van der Waals surface area contributed by atoms with Crippen LogP contribution in [0, 0.1) is 5.82 Å². The van der Waals surface area contributed by atoms with E-state index in [-0.39, 0.29) is 27.6 Å². The van der Waals surface area contributed by atoms with Gasteiger partial charge in [0.2, 0.25) is 10.0 Å². The van der Waals surface area contributed by atoms with Crippen molar-refractivity contribution in [3.8, 4) is 5.75 Å². The SMILES string of the molecule is CCCS(=O)(=O)Nc1cc(F)cc(C(=O)c2ccc3ncc(OC)cc3c2)c1Cl. The lowest BCUT2D eigenvalue weighted by atomic mass is 10.0. The highest BCUT2D eigenvalue weighted by atomic mass is 35.5. The van der Waals surface area contributed by atoms with Crippen molar-refractivity contribution >= 4 is 44.0 Å². The number of benzene rings is 2. The zero-order valence-corrected chi connectivity index (χ0v) is 17.3. The first-order chi connectivity index (χ1) is 13.7. The molecule has 3 rings (SSSR count). The summed E-state index contributed by atoms with van der Waals surface area (Å²) in [6.07, 6.45) is 1.94. The van der Waals surface area contributed by atoms with Gasteiger partial charge in [0.05, 0.1) is 35.3 Å². The fraction of sp³-hybridized carbons (Fsp3) is 0.200. The van der Waals surface area contributed by atoms with Crippen molar-refractivity contribution in [2.75, 3.05) is 17.6 Å². The molecule has 3 aromatic rings. The number of carbonyl (C=O) groups is 1. The quantitative estimate of drug-likeness (QED) is 0.554. The monoisotopic (exact) mass is 436 g/mol. The molecule has 1 aromatic heterocycles. The smallest absolute Gasteiger partial charge is 0.232 e.